The minimum atomic E-state index is -0.574. The fraction of sp³-hybridized carbons (Fsp3) is 0.667. The second-order valence-corrected chi connectivity index (χ2v) is 2.57. The molecule has 70 valence electrons. The molecule has 0 aliphatic carbocycles. The van der Waals surface area contributed by atoms with Crippen LogP contribution in [0.15, 0.2) is 0 Å². The molecule has 0 fully saturated rings. The van der Waals surface area contributed by atoms with Gasteiger partial charge >= 0.3 is 6.03 Å². The molecule has 5 N–H and O–H groups in total. The van der Waals surface area contributed by atoms with Crippen LogP contribution < -0.4 is 21.9 Å². The summed E-state index contributed by atoms with van der Waals surface area (Å²) in [5, 5.41) is 2.25. The predicted octanol–water partition coefficient (Wildman–Crippen LogP) is -1.32. The maximum absolute atomic E-state index is 10.8. The second-order valence-electron chi connectivity index (χ2n) is 2.57. The summed E-state index contributed by atoms with van der Waals surface area (Å²) < 4.78 is 0. The predicted molar refractivity (Wildman–Crippen MR) is 44.0 cm³/mol. The summed E-state index contributed by atoms with van der Waals surface area (Å²) in [6.45, 7) is 3.58. The monoisotopic (exact) mass is 174 g/mol. The van der Waals surface area contributed by atoms with Gasteiger partial charge in [-0.2, -0.15) is 0 Å². The topological polar surface area (TPSA) is 96.2 Å². The molecule has 0 radical (unpaired) electrons. The number of primary amides is 1. The van der Waals surface area contributed by atoms with Crippen LogP contribution in [0.3, 0.4) is 0 Å². The normalized spacial score (nSPS) is 9.58. The Morgan fingerprint density at radius 1 is 1.42 bits per heavy atom. The van der Waals surface area contributed by atoms with Crippen molar-refractivity contribution in [1.82, 2.24) is 16.2 Å². The largest absolute Gasteiger partial charge is 0.368 e. The highest BCUT2D eigenvalue weighted by atomic mass is 16.2. The summed E-state index contributed by atoms with van der Waals surface area (Å²) in [5.41, 5.74) is 9.78. The van der Waals surface area contributed by atoms with Gasteiger partial charge in [0.05, 0.1) is 6.54 Å². The summed E-state index contributed by atoms with van der Waals surface area (Å²) in [6, 6.07) is -0.327. The molecule has 3 amide bonds. The number of nitrogens with one attached hydrogen (secondary N) is 3. The Morgan fingerprint density at radius 2 is 2.00 bits per heavy atom. The summed E-state index contributed by atoms with van der Waals surface area (Å²) in [7, 11) is 0. The van der Waals surface area contributed by atoms with Gasteiger partial charge in [-0.3, -0.25) is 10.2 Å². The minimum Gasteiger partial charge on any atom is -0.368 e. The molecule has 0 aromatic rings. The van der Waals surface area contributed by atoms with Crippen LogP contribution in [0.4, 0.5) is 4.79 Å². The highest BCUT2D eigenvalue weighted by molar-refractivity contribution is 5.82. The van der Waals surface area contributed by atoms with E-state index < -0.39 is 11.9 Å². The van der Waals surface area contributed by atoms with Crippen LogP contribution in [0.2, 0.25) is 0 Å². The number of amides is 3. The van der Waals surface area contributed by atoms with Crippen molar-refractivity contribution in [2.45, 2.75) is 19.9 Å². The van der Waals surface area contributed by atoms with E-state index in [2.05, 4.69) is 16.2 Å². The molecule has 0 unspecified atom stereocenters. The molecule has 0 spiro atoms. The van der Waals surface area contributed by atoms with Gasteiger partial charge < -0.3 is 11.1 Å². The van der Waals surface area contributed by atoms with E-state index in [4.69, 9.17) is 5.73 Å². The number of hydrazine groups is 1. The molecule has 0 aromatic heterocycles. The first kappa shape index (κ1) is 10.7. The van der Waals surface area contributed by atoms with E-state index >= 15 is 0 Å². The van der Waals surface area contributed by atoms with Crippen LogP contribution >= 0.6 is 0 Å². The van der Waals surface area contributed by atoms with Crippen LogP contribution in [0.5, 0.6) is 0 Å². The number of urea groups is 1. The molecule has 6 nitrogen and oxygen atoms in total. The third-order valence-electron chi connectivity index (χ3n) is 0.898. The average Bonchev–Trinajstić information content (AvgIpc) is 1.96. The third kappa shape index (κ3) is 6.81. The minimum absolute atomic E-state index is 0.143. The van der Waals surface area contributed by atoms with Crippen LogP contribution in [-0.4, -0.2) is 24.5 Å². The van der Waals surface area contributed by atoms with Gasteiger partial charge in [0.15, 0.2) is 0 Å². The molecular formula is C6H14N4O2. The average molecular weight is 174 g/mol. The van der Waals surface area contributed by atoms with E-state index in [0.29, 0.717) is 0 Å². The lowest BCUT2D eigenvalue weighted by molar-refractivity contribution is -0.117. The van der Waals surface area contributed by atoms with Gasteiger partial charge in [0, 0.05) is 6.04 Å². The Morgan fingerprint density at radius 3 is 2.42 bits per heavy atom. The van der Waals surface area contributed by atoms with Gasteiger partial charge in [-0.15, -0.1) is 0 Å². The smallest absolute Gasteiger partial charge is 0.329 e. The maximum Gasteiger partial charge on any atom is 0.329 e. The number of rotatable bonds is 4. The zero-order chi connectivity index (χ0) is 9.56. The lowest BCUT2D eigenvalue weighted by Crippen LogP contribution is -2.48. The lowest BCUT2D eigenvalue weighted by atomic mass is 10.4. The second kappa shape index (κ2) is 5.36. The molecule has 0 aromatic carbocycles. The van der Waals surface area contributed by atoms with Gasteiger partial charge in [-0.1, -0.05) is 0 Å². The lowest BCUT2D eigenvalue weighted by Gasteiger charge is -2.09. The molecule has 0 bridgehead atoms. The van der Waals surface area contributed by atoms with Crippen LogP contribution in [0.1, 0.15) is 13.8 Å². The molecule has 0 saturated carbocycles. The standard InChI is InChI=1S/C6H14N4O2/c1-4(2)9-10-6(12)8-3-5(7)11/h4,9H,3H2,1-2H3,(H2,7,11)(H2,8,10,12). The van der Waals surface area contributed by atoms with Crippen molar-refractivity contribution in [1.29, 1.82) is 0 Å². The van der Waals surface area contributed by atoms with Crippen LogP contribution in [0.25, 0.3) is 0 Å². The number of carbonyl (C=O) groups excluding carboxylic acids is 2. The van der Waals surface area contributed by atoms with E-state index in [1.54, 1.807) is 0 Å². The third-order valence-corrected chi connectivity index (χ3v) is 0.898. The Bertz CT molecular complexity index is 169. The molecule has 0 aliphatic rings. The van der Waals surface area contributed by atoms with Gasteiger partial charge in [-0.25, -0.2) is 10.2 Å². The van der Waals surface area contributed by atoms with Gasteiger partial charge in [0.2, 0.25) is 5.91 Å². The quantitative estimate of drug-likeness (QED) is 0.398. The van der Waals surface area contributed by atoms with Crippen molar-refractivity contribution < 1.29 is 9.59 Å². The van der Waals surface area contributed by atoms with Crippen LogP contribution in [-0.2, 0) is 4.79 Å². The number of carbonyl (C=O) groups is 2. The van der Waals surface area contributed by atoms with Crippen molar-refractivity contribution in [2.75, 3.05) is 6.54 Å². The van der Waals surface area contributed by atoms with Crippen molar-refractivity contribution in [3.8, 4) is 0 Å². The zero-order valence-electron chi connectivity index (χ0n) is 7.18. The Hall–Kier alpha value is -1.30. The number of nitrogens with two attached hydrogens (primary N) is 1. The van der Waals surface area contributed by atoms with E-state index in [-0.39, 0.29) is 12.6 Å². The Kier molecular flexibility index (Phi) is 4.78. The number of hydrogen-bond acceptors (Lipinski definition) is 3. The van der Waals surface area contributed by atoms with Crippen molar-refractivity contribution in [3.63, 3.8) is 0 Å². The van der Waals surface area contributed by atoms with E-state index in [1.165, 1.54) is 0 Å². The first-order valence-corrected chi connectivity index (χ1v) is 3.60. The summed E-state index contributed by atoms with van der Waals surface area (Å²) >= 11 is 0. The summed E-state index contributed by atoms with van der Waals surface area (Å²) in [4.78, 5) is 21.0. The summed E-state index contributed by atoms with van der Waals surface area (Å²) in [6.07, 6.45) is 0. The van der Waals surface area contributed by atoms with Gasteiger partial charge in [0.1, 0.15) is 0 Å². The Labute approximate surface area is 70.8 Å². The van der Waals surface area contributed by atoms with Crippen molar-refractivity contribution >= 4 is 11.9 Å². The Balaban J connectivity index is 3.40. The van der Waals surface area contributed by atoms with Gasteiger partial charge in [-0.05, 0) is 13.8 Å². The fourth-order valence-corrected chi connectivity index (χ4v) is 0.421. The zero-order valence-corrected chi connectivity index (χ0v) is 7.18. The fourth-order valence-electron chi connectivity index (χ4n) is 0.421. The molecule has 6 heteroatoms. The van der Waals surface area contributed by atoms with E-state index in [1.807, 2.05) is 13.8 Å². The van der Waals surface area contributed by atoms with Crippen molar-refractivity contribution in [3.05, 3.63) is 0 Å². The highest BCUT2D eigenvalue weighted by Gasteiger charge is 2.00. The summed E-state index contributed by atoms with van der Waals surface area (Å²) in [5.74, 6) is -0.574. The molecule has 0 rings (SSSR count). The van der Waals surface area contributed by atoms with Crippen LogP contribution in [0, 0.1) is 0 Å². The SMILES string of the molecule is CC(C)NNC(=O)NCC(N)=O. The molecule has 0 heterocycles. The van der Waals surface area contributed by atoms with Crippen molar-refractivity contribution in [2.24, 2.45) is 5.73 Å². The molecule has 0 atom stereocenters. The van der Waals surface area contributed by atoms with Gasteiger partial charge in [0.25, 0.3) is 0 Å². The molecule has 0 saturated heterocycles. The number of hydrogen-bond donors (Lipinski definition) is 4. The van der Waals surface area contributed by atoms with E-state index in [0.717, 1.165) is 0 Å². The maximum atomic E-state index is 10.8. The first-order chi connectivity index (χ1) is 5.52. The van der Waals surface area contributed by atoms with E-state index in [9.17, 15) is 9.59 Å². The molecule has 12 heavy (non-hydrogen) atoms. The molecular weight excluding hydrogens is 160 g/mol. The highest BCUT2D eigenvalue weighted by Crippen LogP contribution is 1.70. The first-order valence-electron chi connectivity index (χ1n) is 3.60. The molecule has 0 aliphatic heterocycles.